The molecule has 2 aromatic carbocycles. The van der Waals surface area contributed by atoms with Crippen LogP contribution >= 0.6 is 0 Å². The number of nitrogens with zero attached hydrogens (tertiary/aromatic N) is 1. The van der Waals surface area contributed by atoms with Gasteiger partial charge in [0.25, 0.3) is 0 Å². The summed E-state index contributed by atoms with van der Waals surface area (Å²) < 4.78 is 12.0. The van der Waals surface area contributed by atoms with E-state index in [9.17, 15) is 0 Å². The fourth-order valence-electron chi connectivity index (χ4n) is 4.33. The Morgan fingerprint density at radius 2 is 1.67 bits per heavy atom. The highest BCUT2D eigenvalue weighted by Crippen LogP contribution is 2.39. The van der Waals surface area contributed by atoms with Crippen LogP contribution in [-0.2, 0) is 11.3 Å². The Morgan fingerprint density at radius 3 is 2.44 bits per heavy atom. The van der Waals surface area contributed by atoms with E-state index in [0.29, 0.717) is 18.6 Å². The Morgan fingerprint density at radius 1 is 0.963 bits per heavy atom. The molecule has 144 valence electrons. The van der Waals surface area contributed by atoms with Gasteiger partial charge < -0.3 is 14.8 Å². The molecule has 1 atom stereocenters. The van der Waals surface area contributed by atoms with Crippen LogP contribution in [-0.4, -0.2) is 44.3 Å². The van der Waals surface area contributed by atoms with E-state index in [0.717, 1.165) is 58.0 Å². The maximum absolute atomic E-state index is 6.31. The zero-order chi connectivity index (χ0) is 18.3. The molecule has 4 heteroatoms. The van der Waals surface area contributed by atoms with Gasteiger partial charge in [-0.3, -0.25) is 4.90 Å². The molecular weight excluding hydrogens is 336 g/mol. The van der Waals surface area contributed by atoms with E-state index in [-0.39, 0.29) is 0 Å². The average molecular weight is 367 g/mol. The third kappa shape index (κ3) is 4.70. The number of ether oxygens (including phenoxy) is 2. The summed E-state index contributed by atoms with van der Waals surface area (Å²) in [4.78, 5) is 2.65. The summed E-state index contributed by atoms with van der Waals surface area (Å²) in [5, 5.41) is 3.49. The quantitative estimate of drug-likeness (QED) is 0.846. The number of para-hydroxylation sites is 1. The Kier molecular flexibility index (Phi) is 6.40. The second-order valence-corrected chi connectivity index (χ2v) is 7.49. The Hall–Kier alpha value is -1.88. The van der Waals surface area contributed by atoms with Crippen LogP contribution in [0.5, 0.6) is 5.75 Å². The first-order valence-corrected chi connectivity index (χ1v) is 10.2. The van der Waals surface area contributed by atoms with Crippen LogP contribution in [0.4, 0.5) is 0 Å². The number of piperazine rings is 1. The summed E-state index contributed by atoms with van der Waals surface area (Å²) in [7, 11) is 0. The summed E-state index contributed by atoms with van der Waals surface area (Å²) in [5.74, 6) is 1.65. The standard InChI is InChI=1S/C23H30N2O2/c1-2-6-19(7-3-1)18-27-22-9-5-4-8-21(22)23(20-10-16-26-17-11-20)25-14-12-24-13-15-25/h1-9,20,23-24H,10-18H2/t23-/m0/s1. The maximum Gasteiger partial charge on any atom is 0.124 e. The van der Waals surface area contributed by atoms with Gasteiger partial charge in [0.1, 0.15) is 12.4 Å². The fourth-order valence-corrected chi connectivity index (χ4v) is 4.33. The summed E-state index contributed by atoms with van der Waals surface area (Å²) in [6.45, 7) is 6.67. The van der Waals surface area contributed by atoms with Gasteiger partial charge in [-0.2, -0.15) is 0 Å². The first-order valence-electron chi connectivity index (χ1n) is 10.2. The normalized spacial score (nSPS) is 20.3. The molecule has 0 aliphatic carbocycles. The van der Waals surface area contributed by atoms with Crippen molar-refractivity contribution in [3.8, 4) is 5.75 Å². The fraction of sp³-hybridized carbons (Fsp3) is 0.478. The Balaban J connectivity index is 1.58. The maximum atomic E-state index is 6.31. The highest BCUT2D eigenvalue weighted by Gasteiger charge is 2.33. The summed E-state index contributed by atoms with van der Waals surface area (Å²) in [5.41, 5.74) is 2.54. The molecule has 2 fully saturated rings. The van der Waals surface area contributed by atoms with Crippen LogP contribution in [0.15, 0.2) is 54.6 Å². The van der Waals surface area contributed by atoms with E-state index in [4.69, 9.17) is 9.47 Å². The molecule has 2 saturated heterocycles. The highest BCUT2D eigenvalue weighted by molar-refractivity contribution is 5.37. The molecule has 0 spiro atoms. The Labute approximate surface area is 162 Å². The smallest absolute Gasteiger partial charge is 0.124 e. The second-order valence-electron chi connectivity index (χ2n) is 7.49. The van der Waals surface area contributed by atoms with Crippen molar-refractivity contribution in [2.45, 2.75) is 25.5 Å². The molecule has 0 aromatic heterocycles. The average Bonchev–Trinajstić information content (AvgIpc) is 2.76. The van der Waals surface area contributed by atoms with E-state index < -0.39 is 0 Å². The molecule has 2 heterocycles. The van der Waals surface area contributed by atoms with Crippen molar-refractivity contribution in [2.75, 3.05) is 39.4 Å². The number of rotatable bonds is 6. The molecule has 2 aromatic rings. The minimum Gasteiger partial charge on any atom is -0.489 e. The monoisotopic (exact) mass is 366 g/mol. The van der Waals surface area contributed by atoms with Crippen molar-refractivity contribution in [1.29, 1.82) is 0 Å². The predicted molar refractivity (Wildman–Crippen MR) is 108 cm³/mol. The topological polar surface area (TPSA) is 33.7 Å². The number of hydrogen-bond donors (Lipinski definition) is 1. The third-order valence-corrected chi connectivity index (χ3v) is 5.73. The first-order chi connectivity index (χ1) is 13.4. The van der Waals surface area contributed by atoms with Crippen LogP contribution in [0.3, 0.4) is 0 Å². The molecular formula is C23H30N2O2. The van der Waals surface area contributed by atoms with Gasteiger partial charge >= 0.3 is 0 Å². The van der Waals surface area contributed by atoms with E-state index in [1.807, 2.05) is 6.07 Å². The van der Waals surface area contributed by atoms with Crippen LogP contribution in [0.2, 0.25) is 0 Å². The molecule has 2 aliphatic rings. The predicted octanol–water partition coefficient (Wildman–Crippen LogP) is 3.64. The lowest BCUT2D eigenvalue weighted by Gasteiger charge is -2.41. The van der Waals surface area contributed by atoms with Gasteiger partial charge in [-0.1, -0.05) is 48.5 Å². The minimum atomic E-state index is 0.406. The van der Waals surface area contributed by atoms with Crippen LogP contribution < -0.4 is 10.1 Å². The van der Waals surface area contributed by atoms with Gasteiger partial charge in [-0.05, 0) is 30.4 Å². The van der Waals surface area contributed by atoms with E-state index in [1.54, 1.807) is 0 Å². The third-order valence-electron chi connectivity index (χ3n) is 5.73. The number of hydrogen-bond acceptors (Lipinski definition) is 4. The molecule has 1 N–H and O–H groups in total. The van der Waals surface area contributed by atoms with Crippen molar-refractivity contribution in [1.82, 2.24) is 10.2 Å². The minimum absolute atomic E-state index is 0.406. The van der Waals surface area contributed by atoms with Crippen LogP contribution in [0.1, 0.15) is 30.0 Å². The lowest BCUT2D eigenvalue weighted by atomic mass is 9.85. The summed E-state index contributed by atoms with van der Waals surface area (Å²) >= 11 is 0. The molecule has 0 bridgehead atoms. The zero-order valence-electron chi connectivity index (χ0n) is 16.0. The molecule has 4 rings (SSSR count). The Bertz CT molecular complexity index is 677. The van der Waals surface area contributed by atoms with Crippen molar-refractivity contribution < 1.29 is 9.47 Å². The van der Waals surface area contributed by atoms with Gasteiger partial charge in [-0.15, -0.1) is 0 Å². The first kappa shape index (κ1) is 18.5. The summed E-state index contributed by atoms with van der Waals surface area (Å²) in [6.07, 6.45) is 2.25. The van der Waals surface area contributed by atoms with Crippen LogP contribution in [0.25, 0.3) is 0 Å². The van der Waals surface area contributed by atoms with Crippen LogP contribution in [0, 0.1) is 5.92 Å². The molecule has 0 saturated carbocycles. The van der Waals surface area contributed by atoms with Gasteiger partial charge in [0.2, 0.25) is 0 Å². The number of nitrogens with one attached hydrogen (secondary N) is 1. The van der Waals surface area contributed by atoms with E-state index in [2.05, 4.69) is 58.7 Å². The molecule has 27 heavy (non-hydrogen) atoms. The zero-order valence-corrected chi connectivity index (χ0v) is 16.0. The second kappa shape index (κ2) is 9.36. The van der Waals surface area contributed by atoms with E-state index >= 15 is 0 Å². The van der Waals surface area contributed by atoms with E-state index in [1.165, 1.54) is 11.1 Å². The number of benzene rings is 2. The van der Waals surface area contributed by atoms with Crippen molar-refractivity contribution in [3.05, 3.63) is 65.7 Å². The lowest BCUT2D eigenvalue weighted by Crippen LogP contribution is -2.47. The van der Waals surface area contributed by atoms with Crippen molar-refractivity contribution >= 4 is 0 Å². The molecule has 0 radical (unpaired) electrons. The lowest BCUT2D eigenvalue weighted by molar-refractivity contribution is 0.0204. The molecule has 0 unspecified atom stereocenters. The summed E-state index contributed by atoms with van der Waals surface area (Å²) in [6, 6.07) is 19.5. The van der Waals surface area contributed by atoms with Gasteiger partial charge in [-0.25, -0.2) is 0 Å². The SMILES string of the molecule is c1ccc(COc2ccccc2[C@H](C2CCOCC2)N2CCNCC2)cc1. The van der Waals surface area contributed by atoms with Crippen molar-refractivity contribution in [2.24, 2.45) is 5.92 Å². The van der Waals surface area contributed by atoms with Crippen molar-refractivity contribution in [3.63, 3.8) is 0 Å². The van der Waals surface area contributed by atoms with Gasteiger partial charge in [0.15, 0.2) is 0 Å². The largest absolute Gasteiger partial charge is 0.489 e. The van der Waals surface area contributed by atoms with Gasteiger partial charge in [0.05, 0.1) is 0 Å². The molecule has 2 aliphatic heterocycles. The van der Waals surface area contributed by atoms with Gasteiger partial charge in [0, 0.05) is 51.0 Å². The molecule has 0 amide bonds. The molecule has 4 nitrogen and oxygen atoms in total. The highest BCUT2D eigenvalue weighted by atomic mass is 16.5.